The molecule has 0 saturated carbocycles. The highest BCUT2D eigenvalue weighted by molar-refractivity contribution is 7.90. The predicted octanol–water partition coefficient (Wildman–Crippen LogP) is 4.80. The second-order valence-corrected chi connectivity index (χ2v) is 10.8. The van der Waals surface area contributed by atoms with Crippen molar-refractivity contribution in [2.45, 2.75) is 43.6 Å². The molecular formula is C26H29N3O3S. The van der Waals surface area contributed by atoms with Crippen molar-refractivity contribution in [3.8, 4) is 0 Å². The van der Waals surface area contributed by atoms with Crippen LogP contribution in [0.15, 0.2) is 71.6 Å². The van der Waals surface area contributed by atoms with Gasteiger partial charge in [-0.15, -0.1) is 0 Å². The fourth-order valence-electron chi connectivity index (χ4n) is 4.14. The van der Waals surface area contributed by atoms with Crippen LogP contribution in [0.25, 0.3) is 0 Å². The molecule has 3 aromatic rings. The van der Waals surface area contributed by atoms with Crippen molar-refractivity contribution in [1.29, 1.82) is 0 Å². The summed E-state index contributed by atoms with van der Waals surface area (Å²) >= 11 is 0. The number of nitrogens with zero attached hydrogens (tertiary/aromatic N) is 1. The van der Waals surface area contributed by atoms with Gasteiger partial charge in [-0.2, -0.15) is 0 Å². The lowest BCUT2D eigenvalue weighted by molar-refractivity contribution is 0.249. The highest BCUT2D eigenvalue weighted by atomic mass is 32.2. The van der Waals surface area contributed by atoms with E-state index in [1.807, 2.05) is 56.3 Å². The van der Waals surface area contributed by atoms with Gasteiger partial charge in [-0.1, -0.05) is 48.0 Å². The molecule has 1 unspecified atom stereocenters. The van der Waals surface area contributed by atoms with Gasteiger partial charge >= 0.3 is 6.03 Å². The average molecular weight is 464 g/mol. The van der Waals surface area contributed by atoms with Crippen molar-refractivity contribution in [2.75, 3.05) is 12.4 Å². The molecule has 33 heavy (non-hydrogen) atoms. The molecular weight excluding hydrogens is 434 g/mol. The van der Waals surface area contributed by atoms with E-state index in [9.17, 15) is 13.2 Å². The quantitative estimate of drug-likeness (QED) is 0.551. The van der Waals surface area contributed by atoms with Gasteiger partial charge in [0.15, 0.2) is 9.84 Å². The van der Waals surface area contributed by atoms with Gasteiger partial charge in [0, 0.05) is 18.8 Å². The van der Waals surface area contributed by atoms with E-state index < -0.39 is 9.84 Å². The average Bonchev–Trinajstić information content (AvgIpc) is 3.13. The molecule has 0 fully saturated rings. The van der Waals surface area contributed by atoms with Crippen LogP contribution in [0, 0.1) is 6.92 Å². The molecule has 2 N–H and O–H groups in total. The van der Waals surface area contributed by atoms with Crippen molar-refractivity contribution in [1.82, 2.24) is 10.2 Å². The highest BCUT2D eigenvalue weighted by Gasteiger charge is 2.19. The Hall–Kier alpha value is -3.16. The first-order valence-corrected chi connectivity index (χ1v) is 12.6. The largest absolute Gasteiger partial charge is 0.331 e. The molecule has 4 rings (SSSR count). The summed E-state index contributed by atoms with van der Waals surface area (Å²) in [6.07, 6.45) is 0. The van der Waals surface area contributed by atoms with Crippen LogP contribution in [-0.4, -0.2) is 26.4 Å². The zero-order valence-electron chi connectivity index (χ0n) is 19.1. The molecule has 1 atom stereocenters. The number of carbonyl (C=O) groups is 1. The van der Waals surface area contributed by atoms with Crippen molar-refractivity contribution < 1.29 is 13.2 Å². The van der Waals surface area contributed by atoms with Gasteiger partial charge in [0.05, 0.1) is 16.7 Å². The van der Waals surface area contributed by atoms with E-state index in [4.69, 9.17) is 0 Å². The summed E-state index contributed by atoms with van der Waals surface area (Å²) < 4.78 is 25.8. The number of sulfone groups is 1. The number of anilines is 1. The fraction of sp³-hybridized carbons (Fsp3) is 0.269. The van der Waals surface area contributed by atoms with Crippen LogP contribution in [-0.2, 0) is 28.7 Å². The third-order valence-electron chi connectivity index (χ3n) is 5.87. The molecule has 0 bridgehead atoms. The van der Waals surface area contributed by atoms with Crippen molar-refractivity contribution in [3.63, 3.8) is 0 Å². The second kappa shape index (κ2) is 9.37. The Balaban J connectivity index is 1.38. The number of rotatable bonds is 6. The lowest BCUT2D eigenvalue weighted by Gasteiger charge is -2.16. The minimum atomic E-state index is -3.49. The number of hydrogen-bond donors (Lipinski definition) is 2. The van der Waals surface area contributed by atoms with E-state index in [0.29, 0.717) is 5.69 Å². The molecule has 0 aromatic heterocycles. The molecule has 1 aliphatic heterocycles. The number of aryl methyl sites for hydroxylation is 1. The zero-order chi connectivity index (χ0) is 23.6. The number of amides is 2. The van der Waals surface area contributed by atoms with E-state index in [0.717, 1.165) is 29.8 Å². The Kier molecular flexibility index (Phi) is 6.54. The molecule has 2 amide bonds. The third kappa shape index (κ3) is 5.61. The van der Waals surface area contributed by atoms with Crippen LogP contribution < -0.4 is 10.6 Å². The van der Waals surface area contributed by atoms with Crippen LogP contribution >= 0.6 is 0 Å². The Morgan fingerprint density at radius 1 is 1.00 bits per heavy atom. The zero-order valence-corrected chi connectivity index (χ0v) is 19.9. The van der Waals surface area contributed by atoms with Gasteiger partial charge in [0.2, 0.25) is 0 Å². The second-order valence-electron chi connectivity index (χ2n) is 8.79. The van der Waals surface area contributed by atoms with E-state index in [1.54, 1.807) is 12.1 Å². The summed E-state index contributed by atoms with van der Waals surface area (Å²) in [6, 6.07) is 19.7. The van der Waals surface area contributed by atoms with Crippen molar-refractivity contribution in [3.05, 3.63) is 94.5 Å². The number of nitrogens with one attached hydrogen (secondary N) is 2. The summed E-state index contributed by atoms with van der Waals surface area (Å²) in [5.41, 5.74) is 5.91. The normalized spacial score (nSPS) is 14.5. The van der Waals surface area contributed by atoms with Gasteiger partial charge in [-0.25, -0.2) is 13.2 Å². The Morgan fingerprint density at radius 2 is 1.73 bits per heavy atom. The number of fused-ring (bicyclic) bond motifs is 1. The minimum Gasteiger partial charge on any atom is -0.331 e. The van der Waals surface area contributed by atoms with Gasteiger partial charge in [-0.3, -0.25) is 4.90 Å². The first kappa shape index (κ1) is 23.0. The molecule has 0 spiro atoms. The third-order valence-corrected chi connectivity index (χ3v) is 7.57. The molecule has 1 heterocycles. The Labute approximate surface area is 195 Å². The first-order valence-electron chi connectivity index (χ1n) is 11.0. The summed E-state index contributed by atoms with van der Waals surface area (Å²) in [7, 11) is -1.44. The maximum absolute atomic E-state index is 12.9. The van der Waals surface area contributed by atoms with Crippen LogP contribution in [0.4, 0.5) is 10.5 Å². The molecule has 7 heteroatoms. The number of benzene rings is 3. The van der Waals surface area contributed by atoms with Gasteiger partial charge in [0.1, 0.15) is 0 Å². The molecule has 1 aliphatic rings. The van der Waals surface area contributed by atoms with Crippen LogP contribution in [0.5, 0.6) is 0 Å². The first-order chi connectivity index (χ1) is 15.7. The predicted molar refractivity (Wildman–Crippen MR) is 131 cm³/mol. The van der Waals surface area contributed by atoms with Crippen LogP contribution in [0.1, 0.15) is 40.8 Å². The lowest BCUT2D eigenvalue weighted by atomic mass is 10.1. The molecule has 0 saturated heterocycles. The number of hydrogen-bond acceptors (Lipinski definition) is 4. The summed E-state index contributed by atoms with van der Waals surface area (Å²) in [4.78, 5) is 14.8. The van der Waals surface area contributed by atoms with E-state index in [1.165, 1.54) is 23.3 Å². The van der Waals surface area contributed by atoms with Crippen LogP contribution in [0.2, 0.25) is 0 Å². The number of urea groups is 1. The monoisotopic (exact) mass is 463 g/mol. The SMILES string of the molecule is Cc1cccc(C(C)NC(=O)Nc2ccc(S(=O)(=O)Cc3ccc4c(c3)CN(C)C4)cc2)c1. The van der Waals surface area contributed by atoms with E-state index in [2.05, 4.69) is 22.6 Å². The Bertz CT molecular complexity index is 1270. The molecule has 6 nitrogen and oxygen atoms in total. The number of carbonyl (C=O) groups excluding carboxylic acids is 1. The molecule has 0 aliphatic carbocycles. The maximum Gasteiger partial charge on any atom is 0.319 e. The fourth-order valence-corrected chi connectivity index (χ4v) is 5.48. The molecule has 172 valence electrons. The van der Waals surface area contributed by atoms with Gasteiger partial charge < -0.3 is 10.6 Å². The molecule has 3 aromatic carbocycles. The summed E-state index contributed by atoms with van der Waals surface area (Å²) in [5.74, 6) is -0.0503. The van der Waals surface area contributed by atoms with E-state index >= 15 is 0 Å². The topological polar surface area (TPSA) is 78.5 Å². The molecule has 0 radical (unpaired) electrons. The van der Waals surface area contributed by atoms with Crippen molar-refractivity contribution in [2.24, 2.45) is 0 Å². The summed E-state index contributed by atoms with van der Waals surface area (Å²) in [5, 5.41) is 5.67. The van der Waals surface area contributed by atoms with E-state index in [-0.39, 0.29) is 22.7 Å². The van der Waals surface area contributed by atoms with Crippen molar-refractivity contribution >= 4 is 21.6 Å². The van der Waals surface area contributed by atoms with Gasteiger partial charge in [-0.05, 0) is 67.4 Å². The summed E-state index contributed by atoms with van der Waals surface area (Å²) in [6.45, 7) is 5.66. The van der Waals surface area contributed by atoms with Crippen LogP contribution in [0.3, 0.4) is 0 Å². The highest BCUT2D eigenvalue weighted by Crippen LogP contribution is 2.25. The maximum atomic E-state index is 12.9. The smallest absolute Gasteiger partial charge is 0.319 e. The Morgan fingerprint density at radius 3 is 2.45 bits per heavy atom. The minimum absolute atomic E-state index is 0.0503. The van der Waals surface area contributed by atoms with Gasteiger partial charge in [0.25, 0.3) is 0 Å². The standard InChI is InChI=1S/C26H29N3O3S/c1-18-5-4-6-21(13-18)19(2)27-26(30)28-24-9-11-25(12-10-24)33(31,32)17-20-7-8-22-15-29(3)16-23(22)14-20/h4-14,19H,15-17H2,1-3H3,(H2,27,28,30). The lowest BCUT2D eigenvalue weighted by Crippen LogP contribution is -2.31.